The highest BCUT2D eigenvalue weighted by Gasteiger charge is 2.24. The van der Waals surface area contributed by atoms with Crippen molar-refractivity contribution in [3.05, 3.63) is 71.6 Å². The Hall–Kier alpha value is -4.87. The summed E-state index contributed by atoms with van der Waals surface area (Å²) in [5, 5.41) is 4.04. The second kappa shape index (κ2) is 11.2. The quantitative estimate of drug-likeness (QED) is 0.190. The Kier molecular flexibility index (Phi) is 7.27. The molecule has 0 bridgehead atoms. The summed E-state index contributed by atoms with van der Waals surface area (Å²) in [5.41, 5.74) is 11.0. The maximum absolute atomic E-state index is 13.6. The number of anilines is 2. The van der Waals surface area contributed by atoms with Gasteiger partial charge in [-0.25, -0.2) is 9.97 Å². The van der Waals surface area contributed by atoms with Crippen molar-refractivity contribution in [3.63, 3.8) is 0 Å². The van der Waals surface area contributed by atoms with Gasteiger partial charge in [-0.15, -0.1) is 11.3 Å². The van der Waals surface area contributed by atoms with Gasteiger partial charge in [0.25, 0.3) is 5.91 Å². The fraction of sp³-hybridized carbons (Fsp3) is 0.129. The maximum atomic E-state index is 13.6. The van der Waals surface area contributed by atoms with Gasteiger partial charge in [0.15, 0.2) is 16.6 Å². The first-order valence-electron chi connectivity index (χ1n) is 12.8. The molecule has 1 amide bonds. The van der Waals surface area contributed by atoms with Gasteiger partial charge in [-0.05, 0) is 47.5 Å². The molecule has 0 unspecified atom stereocenters. The molecule has 42 heavy (non-hydrogen) atoms. The minimum atomic E-state index is -0.362. The molecule has 3 aromatic heterocycles. The number of aromatic nitrogens is 2. The van der Waals surface area contributed by atoms with Gasteiger partial charge in [0.2, 0.25) is 5.75 Å². The summed E-state index contributed by atoms with van der Waals surface area (Å²) < 4.78 is 23.0. The summed E-state index contributed by atoms with van der Waals surface area (Å²) in [6.45, 7) is 0. The van der Waals surface area contributed by atoms with Crippen molar-refractivity contribution in [3.8, 4) is 45.4 Å². The van der Waals surface area contributed by atoms with Crippen molar-refractivity contribution in [1.82, 2.24) is 9.97 Å². The first-order valence-corrected chi connectivity index (χ1v) is 14.4. The van der Waals surface area contributed by atoms with E-state index < -0.39 is 0 Å². The van der Waals surface area contributed by atoms with Crippen molar-refractivity contribution in [2.75, 3.05) is 39.5 Å². The molecule has 0 radical (unpaired) electrons. The fourth-order valence-corrected chi connectivity index (χ4v) is 6.65. The highest BCUT2D eigenvalue weighted by molar-refractivity contribution is 7.23. The number of hydrogen-bond donors (Lipinski definition) is 2. The number of carbonyl (C=O) groups excluding carboxylic acids is 1. The van der Waals surface area contributed by atoms with E-state index in [1.807, 2.05) is 66.7 Å². The van der Waals surface area contributed by atoms with Crippen LogP contribution in [0.5, 0.6) is 23.0 Å². The number of nitrogen functional groups attached to an aromatic ring is 1. The molecule has 0 aliphatic carbocycles. The zero-order valence-corrected chi connectivity index (χ0v) is 24.8. The lowest BCUT2D eigenvalue weighted by molar-refractivity contribution is 0.103. The Morgan fingerprint density at radius 1 is 0.810 bits per heavy atom. The van der Waals surface area contributed by atoms with E-state index in [0.29, 0.717) is 43.2 Å². The van der Waals surface area contributed by atoms with E-state index >= 15 is 0 Å². The van der Waals surface area contributed by atoms with Gasteiger partial charge in [0.05, 0.1) is 50.0 Å². The molecular weight excluding hydrogens is 572 g/mol. The molecule has 6 aromatic rings. The Bertz CT molecular complexity index is 1930. The highest BCUT2D eigenvalue weighted by atomic mass is 32.1. The first-order chi connectivity index (χ1) is 20.4. The minimum absolute atomic E-state index is 0.325. The molecule has 6 rings (SSSR count). The number of rotatable bonds is 8. The van der Waals surface area contributed by atoms with Crippen LogP contribution in [0.4, 0.5) is 10.8 Å². The number of thiophene rings is 1. The second-order valence-corrected chi connectivity index (χ2v) is 11.2. The van der Waals surface area contributed by atoms with Crippen LogP contribution in [0.1, 0.15) is 9.67 Å². The minimum Gasteiger partial charge on any atom is -0.497 e. The average molecular weight is 599 g/mol. The summed E-state index contributed by atoms with van der Waals surface area (Å²) >= 11 is 2.59. The molecule has 0 saturated heterocycles. The second-order valence-electron chi connectivity index (χ2n) is 9.17. The van der Waals surface area contributed by atoms with Gasteiger partial charge in [0.1, 0.15) is 15.5 Å². The molecule has 0 fully saturated rings. The van der Waals surface area contributed by atoms with Crippen molar-refractivity contribution < 1.29 is 23.7 Å². The lowest BCUT2D eigenvalue weighted by Gasteiger charge is -2.15. The monoisotopic (exact) mass is 598 g/mol. The average Bonchev–Trinajstić information content (AvgIpc) is 3.59. The van der Waals surface area contributed by atoms with Gasteiger partial charge in [-0.2, -0.15) is 0 Å². The first kappa shape index (κ1) is 27.3. The third-order valence-corrected chi connectivity index (χ3v) is 8.80. The Labute approximate surface area is 249 Å². The molecule has 0 saturated carbocycles. The van der Waals surface area contributed by atoms with Crippen LogP contribution in [0.25, 0.3) is 42.8 Å². The van der Waals surface area contributed by atoms with Crippen LogP contribution in [0.2, 0.25) is 0 Å². The number of nitrogens with zero attached hydrogens (tertiary/aromatic N) is 2. The standard InChI is InChI=1S/C31H26N4O5S2/c1-37-18-10-11-20-24(14-18)41-31(34-20)35-29(36)28-26(32)25-19(17-12-22(38-2)27(40-4)23(13-17)39-3)15-21(33-30(25)42-28)16-8-6-5-7-9-16/h5-15H,32H2,1-4H3,(H,34,35,36). The Balaban J connectivity index is 1.50. The number of ether oxygens (including phenoxy) is 4. The molecule has 0 aliphatic heterocycles. The van der Waals surface area contributed by atoms with E-state index in [2.05, 4.69) is 10.3 Å². The normalized spacial score (nSPS) is 11.0. The molecule has 0 spiro atoms. The van der Waals surface area contributed by atoms with Crippen molar-refractivity contribution in [2.24, 2.45) is 0 Å². The van der Waals surface area contributed by atoms with E-state index in [1.54, 1.807) is 28.4 Å². The van der Waals surface area contributed by atoms with Gasteiger partial charge in [-0.3, -0.25) is 10.1 Å². The van der Waals surface area contributed by atoms with Crippen LogP contribution in [-0.2, 0) is 0 Å². The molecule has 11 heteroatoms. The Morgan fingerprint density at radius 3 is 2.21 bits per heavy atom. The van der Waals surface area contributed by atoms with Crippen LogP contribution >= 0.6 is 22.7 Å². The lowest BCUT2D eigenvalue weighted by atomic mass is 9.98. The van der Waals surface area contributed by atoms with Crippen LogP contribution in [0.3, 0.4) is 0 Å². The number of hydrogen-bond acceptors (Lipinski definition) is 10. The smallest absolute Gasteiger partial charge is 0.269 e. The largest absolute Gasteiger partial charge is 0.497 e. The zero-order chi connectivity index (χ0) is 29.4. The number of nitrogens with two attached hydrogens (primary N) is 1. The number of fused-ring (bicyclic) bond motifs is 2. The van der Waals surface area contributed by atoms with E-state index in [9.17, 15) is 4.79 Å². The number of carbonyl (C=O) groups is 1. The summed E-state index contributed by atoms with van der Waals surface area (Å²) in [4.78, 5) is 24.0. The molecule has 0 aliphatic rings. The van der Waals surface area contributed by atoms with Gasteiger partial charge >= 0.3 is 0 Å². The molecule has 3 aromatic carbocycles. The van der Waals surface area contributed by atoms with Crippen molar-refractivity contribution in [2.45, 2.75) is 0 Å². The lowest BCUT2D eigenvalue weighted by Crippen LogP contribution is -2.11. The number of amides is 1. The maximum Gasteiger partial charge on any atom is 0.269 e. The fourth-order valence-electron chi connectivity index (χ4n) is 4.75. The third kappa shape index (κ3) is 4.82. The molecular formula is C31H26N4O5S2. The number of benzene rings is 3. The topological polar surface area (TPSA) is 118 Å². The van der Waals surface area contributed by atoms with E-state index in [0.717, 1.165) is 38.4 Å². The van der Waals surface area contributed by atoms with E-state index in [-0.39, 0.29) is 5.91 Å². The summed E-state index contributed by atoms with van der Waals surface area (Å²) in [6, 6.07) is 21.1. The van der Waals surface area contributed by atoms with Crippen LogP contribution < -0.4 is 30.0 Å². The van der Waals surface area contributed by atoms with Crippen LogP contribution in [0.15, 0.2) is 66.7 Å². The predicted molar refractivity (Wildman–Crippen MR) is 169 cm³/mol. The van der Waals surface area contributed by atoms with Gasteiger partial charge in [0, 0.05) is 10.9 Å². The summed E-state index contributed by atoms with van der Waals surface area (Å²) in [6.07, 6.45) is 0. The van der Waals surface area contributed by atoms with Crippen LogP contribution in [-0.4, -0.2) is 44.3 Å². The predicted octanol–water partition coefficient (Wildman–Crippen LogP) is 7.11. The molecule has 0 atom stereocenters. The molecule has 212 valence electrons. The number of methoxy groups -OCH3 is 4. The summed E-state index contributed by atoms with van der Waals surface area (Å²) in [7, 11) is 6.30. The number of pyridine rings is 1. The van der Waals surface area contributed by atoms with Crippen molar-refractivity contribution in [1.29, 1.82) is 0 Å². The highest BCUT2D eigenvalue weighted by Crippen LogP contribution is 2.46. The summed E-state index contributed by atoms with van der Waals surface area (Å²) in [5.74, 6) is 1.83. The molecule has 9 nitrogen and oxygen atoms in total. The zero-order valence-electron chi connectivity index (χ0n) is 23.2. The molecule has 3 heterocycles. The Morgan fingerprint density at radius 2 is 1.55 bits per heavy atom. The molecule has 3 N–H and O–H groups in total. The third-order valence-electron chi connectivity index (χ3n) is 6.77. The van der Waals surface area contributed by atoms with Crippen LogP contribution in [0, 0.1) is 0 Å². The van der Waals surface area contributed by atoms with Crippen molar-refractivity contribution >= 4 is 59.8 Å². The van der Waals surface area contributed by atoms with E-state index in [1.165, 1.54) is 22.7 Å². The number of nitrogens with one attached hydrogen (secondary N) is 1. The van der Waals surface area contributed by atoms with E-state index in [4.69, 9.17) is 29.7 Å². The SMILES string of the molecule is COc1ccc2nc(NC(=O)c3sc4nc(-c5ccccc5)cc(-c5cc(OC)c(OC)c(OC)c5)c4c3N)sc2c1. The number of thiazole rings is 1. The van der Waals surface area contributed by atoms with Gasteiger partial charge in [-0.1, -0.05) is 41.7 Å². The van der Waals surface area contributed by atoms with Gasteiger partial charge < -0.3 is 24.7 Å².